The van der Waals surface area contributed by atoms with Gasteiger partial charge in [-0.25, -0.2) is 0 Å². The fourth-order valence-corrected chi connectivity index (χ4v) is 2.58. The topological polar surface area (TPSA) is 51.2 Å². The molecule has 0 saturated heterocycles. The highest BCUT2D eigenvalue weighted by molar-refractivity contribution is 6.08. The predicted octanol–water partition coefficient (Wildman–Crippen LogP) is 4.97. The van der Waals surface area contributed by atoms with Gasteiger partial charge in [0.2, 0.25) is 0 Å². The number of anilines is 1. The summed E-state index contributed by atoms with van der Waals surface area (Å²) in [5.41, 5.74) is 3.03. The van der Waals surface area contributed by atoms with Crippen molar-refractivity contribution in [2.45, 2.75) is 26.7 Å². The molecule has 3 rings (SSSR count). The first kappa shape index (κ1) is 17.0. The van der Waals surface area contributed by atoms with Crippen molar-refractivity contribution >= 4 is 22.5 Å². The highest BCUT2D eigenvalue weighted by Gasteiger charge is 2.09. The number of carbonyl (C=O) groups is 1. The lowest BCUT2D eigenvalue weighted by molar-refractivity contribution is 0.102. The molecule has 4 nitrogen and oxygen atoms in total. The van der Waals surface area contributed by atoms with E-state index >= 15 is 0 Å². The van der Waals surface area contributed by atoms with Gasteiger partial charge < -0.3 is 10.1 Å². The van der Waals surface area contributed by atoms with E-state index in [0.29, 0.717) is 12.2 Å². The molecule has 0 aliphatic rings. The van der Waals surface area contributed by atoms with E-state index < -0.39 is 0 Å². The maximum Gasteiger partial charge on any atom is 0.255 e. The van der Waals surface area contributed by atoms with Crippen molar-refractivity contribution in [1.82, 2.24) is 4.98 Å². The Morgan fingerprint density at radius 3 is 2.64 bits per heavy atom. The molecule has 3 aromatic rings. The standard InChI is InChI=1S/C21H22N2O2/c1-3-4-14-25-18-12-10-17(11-13-18)21(24)23-19-7-5-6-16-9-8-15(2)22-20(16)19/h5-13H,3-4,14H2,1-2H3,(H,23,24). The summed E-state index contributed by atoms with van der Waals surface area (Å²) >= 11 is 0. The number of hydrogen-bond donors (Lipinski definition) is 1. The van der Waals surface area contributed by atoms with Gasteiger partial charge in [0.1, 0.15) is 5.75 Å². The van der Waals surface area contributed by atoms with Crippen LogP contribution in [-0.2, 0) is 0 Å². The number of ether oxygens (including phenoxy) is 1. The number of aryl methyl sites for hydroxylation is 1. The number of amides is 1. The minimum atomic E-state index is -0.157. The second-order valence-electron chi connectivity index (χ2n) is 6.01. The van der Waals surface area contributed by atoms with E-state index in [2.05, 4.69) is 17.2 Å². The largest absolute Gasteiger partial charge is 0.494 e. The van der Waals surface area contributed by atoms with Gasteiger partial charge in [-0.1, -0.05) is 31.5 Å². The molecule has 0 spiro atoms. The Kier molecular flexibility index (Phi) is 5.29. The number of benzene rings is 2. The third kappa shape index (κ3) is 4.15. The van der Waals surface area contributed by atoms with Crippen molar-refractivity contribution < 1.29 is 9.53 Å². The smallest absolute Gasteiger partial charge is 0.255 e. The Morgan fingerprint density at radius 1 is 1.08 bits per heavy atom. The number of nitrogens with one attached hydrogen (secondary N) is 1. The second kappa shape index (κ2) is 7.79. The molecule has 0 aliphatic heterocycles. The highest BCUT2D eigenvalue weighted by Crippen LogP contribution is 2.22. The van der Waals surface area contributed by atoms with Crippen molar-refractivity contribution in [2.24, 2.45) is 0 Å². The molecular formula is C21H22N2O2. The summed E-state index contributed by atoms with van der Waals surface area (Å²) in [6.07, 6.45) is 2.12. The van der Waals surface area contributed by atoms with E-state index in [1.54, 1.807) is 12.1 Å². The van der Waals surface area contributed by atoms with Crippen LogP contribution >= 0.6 is 0 Å². The molecular weight excluding hydrogens is 312 g/mol. The Balaban J connectivity index is 1.75. The quantitative estimate of drug-likeness (QED) is 0.647. The number of aromatic nitrogens is 1. The van der Waals surface area contributed by atoms with E-state index in [1.807, 2.05) is 49.4 Å². The van der Waals surface area contributed by atoms with Crippen LogP contribution in [0.4, 0.5) is 5.69 Å². The van der Waals surface area contributed by atoms with Crippen LogP contribution in [0.15, 0.2) is 54.6 Å². The maximum absolute atomic E-state index is 12.5. The molecule has 1 N–H and O–H groups in total. The summed E-state index contributed by atoms with van der Waals surface area (Å²) in [7, 11) is 0. The van der Waals surface area contributed by atoms with Crippen LogP contribution in [0, 0.1) is 6.92 Å². The average molecular weight is 334 g/mol. The van der Waals surface area contributed by atoms with Crippen molar-refractivity contribution in [3.05, 3.63) is 65.9 Å². The number of pyridine rings is 1. The first-order chi connectivity index (χ1) is 12.2. The normalized spacial score (nSPS) is 10.6. The van der Waals surface area contributed by atoms with Crippen LogP contribution in [0.2, 0.25) is 0 Å². The van der Waals surface area contributed by atoms with Crippen LogP contribution in [0.5, 0.6) is 5.75 Å². The van der Waals surface area contributed by atoms with E-state index in [0.717, 1.165) is 40.9 Å². The molecule has 25 heavy (non-hydrogen) atoms. The predicted molar refractivity (Wildman–Crippen MR) is 101 cm³/mol. The van der Waals surface area contributed by atoms with Gasteiger partial charge in [0, 0.05) is 16.6 Å². The lowest BCUT2D eigenvalue weighted by Gasteiger charge is -2.10. The van der Waals surface area contributed by atoms with Crippen molar-refractivity contribution in [3.8, 4) is 5.75 Å². The van der Waals surface area contributed by atoms with Crippen LogP contribution < -0.4 is 10.1 Å². The molecule has 0 unspecified atom stereocenters. The zero-order valence-corrected chi connectivity index (χ0v) is 14.6. The van der Waals surface area contributed by atoms with E-state index in [4.69, 9.17) is 4.74 Å². The van der Waals surface area contributed by atoms with Gasteiger partial charge in [0.25, 0.3) is 5.91 Å². The SMILES string of the molecule is CCCCOc1ccc(C(=O)Nc2cccc3ccc(C)nc23)cc1. The fraction of sp³-hybridized carbons (Fsp3) is 0.238. The van der Waals surface area contributed by atoms with E-state index in [1.165, 1.54) is 0 Å². The van der Waals surface area contributed by atoms with E-state index in [9.17, 15) is 4.79 Å². The summed E-state index contributed by atoms with van der Waals surface area (Å²) in [4.78, 5) is 17.1. The van der Waals surface area contributed by atoms with E-state index in [-0.39, 0.29) is 5.91 Å². The molecule has 0 bridgehead atoms. The molecule has 128 valence electrons. The van der Waals surface area contributed by atoms with Gasteiger partial charge in [0.05, 0.1) is 17.8 Å². The first-order valence-electron chi connectivity index (χ1n) is 8.58. The summed E-state index contributed by atoms with van der Waals surface area (Å²) < 4.78 is 5.63. The van der Waals surface area contributed by atoms with Gasteiger partial charge in [-0.15, -0.1) is 0 Å². The number of para-hydroxylation sites is 1. The lowest BCUT2D eigenvalue weighted by atomic mass is 10.1. The Labute approximate surface area is 147 Å². The first-order valence-corrected chi connectivity index (χ1v) is 8.58. The van der Waals surface area contributed by atoms with Crippen LogP contribution in [-0.4, -0.2) is 17.5 Å². The highest BCUT2D eigenvalue weighted by atomic mass is 16.5. The number of fused-ring (bicyclic) bond motifs is 1. The molecule has 0 fully saturated rings. The molecule has 1 heterocycles. The fourth-order valence-electron chi connectivity index (χ4n) is 2.58. The minimum absolute atomic E-state index is 0.157. The number of carbonyl (C=O) groups excluding carboxylic acids is 1. The van der Waals surface area contributed by atoms with Crippen LogP contribution in [0.3, 0.4) is 0 Å². The minimum Gasteiger partial charge on any atom is -0.494 e. The number of nitrogens with zero attached hydrogens (tertiary/aromatic N) is 1. The molecule has 1 amide bonds. The third-order valence-electron chi connectivity index (χ3n) is 3.99. The average Bonchev–Trinajstić information content (AvgIpc) is 2.63. The molecule has 2 aromatic carbocycles. The molecule has 0 atom stereocenters. The zero-order chi connectivity index (χ0) is 17.6. The second-order valence-corrected chi connectivity index (χ2v) is 6.01. The third-order valence-corrected chi connectivity index (χ3v) is 3.99. The van der Waals surface area contributed by atoms with Crippen molar-refractivity contribution in [3.63, 3.8) is 0 Å². The number of hydrogen-bond acceptors (Lipinski definition) is 3. The van der Waals surface area contributed by atoms with Gasteiger partial charge in [-0.05, 0) is 49.7 Å². The van der Waals surface area contributed by atoms with Crippen molar-refractivity contribution in [1.29, 1.82) is 0 Å². The summed E-state index contributed by atoms with van der Waals surface area (Å²) in [6.45, 7) is 4.76. The van der Waals surface area contributed by atoms with Crippen molar-refractivity contribution in [2.75, 3.05) is 11.9 Å². The summed E-state index contributed by atoms with van der Waals surface area (Å²) in [5.74, 6) is 0.628. The lowest BCUT2D eigenvalue weighted by Crippen LogP contribution is -2.12. The molecule has 1 aromatic heterocycles. The zero-order valence-electron chi connectivity index (χ0n) is 14.6. The molecule has 4 heteroatoms. The number of rotatable bonds is 6. The molecule has 0 aliphatic carbocycles. The Morgan fingerprint density at radius 2 is 1.88 bits per heavy atom. The summed E-state index contributed by atoms with van der Waals surface area (Å²) in [6, 6.07) is 17.0. The molecule has 0 radical (unpaired) electrons. The van der Waals surface area contributed by atoms with Crippen LogP contribution in [0.25, 0.3) is 10.9 Å². The Bertz CT molecular complexity index is 873. The van der Waals surface area contributed by atoms with Crippen LogP contribution in [0.1, 0.15) is 35.8 Å². The monoisotopic (exact) mass is 334 g/mol. The number of unbranched alkanes of at least 4 members (excludes halogenated alkanes) is 1. The van der Waals surface area contributed by atoms with Gasteiger partial charge >= 0.3 is 0 Å². The van der Waals surface area contributed by atoms with Gasteiger partial charge in [0.15, 0.2) is 0 Å². The molecule has 0 saturated carbocycles. The van der Waals surface area contributed by atoms with Gasteiger partial charge in [-0.2, -0.15) is 0 Å². The summed E-state index contributed by atoms with van der Waals surface area (Å²) in [5, 5.41) is 3.96. The Hall–Kier alpha value is -2.88. The maximum atomic E-state index is 12.5. The van der Waals surface area contributed by atoms with Gasteiger partial charge in [-0.3, -0.25) is 9.78 Å².